The Labute approximate surface area is 197 Å². The van der Waals surface area contributed by atoms with Crippen LogP contribution in [0.1, 0.15) is 33.7 Å². The van der Waals surface area contributed by atoms with Gasteiger partial charge in [0, 0.05) is 36.5 Å². The molecule has 34 heavy (non-hydrogen) atoms. The van der Waals surface area contributed by atoms with E-state index in [4.69, 9.17) is 16.3 Å². The average molecular weight is 497 g/mol. The van der Waals surface area contributed by atoms with E-state index in [0.29, 0.717) is 23.4 Å². The molecule has 8 nitrogen and oxygen atoms in total. The van der Waals surface area contributed by atoms with Gasteiger partial charge in [0.25, 0.3) is 11.6 Å². The first-order valence-electron chi connectivity index (χ1n) is 10.1. The summed E-state index contributed by atoms with van der Waals surface area (Å²) >= 11 is 6.00. The number of alkyl halides is 3. The number of nitro groups is 1. The Kier molecular flexibility index (Phi) is 7.77. The number of carbonyl (C=O) groups excluding carboxylic acids is 1. The second kappa shape index (κ2) is 10.6. The fourth-order valence-electron chi connectivity index (χ4n) is 3.04. The quantitative estimate of drug-likeness (QED) is 0.250. The van der Waals surface area contributed by atoms with Gasteiger partial charge >= 0.3 is 6.18 Å². The summed E-state index contributed by atoms with van der Waals surface area (Å²) < 4.78 is 45.0. The molecule has 3 rings (SSSR count). The number of nitro benzene ring substituents is 1. The van der Waals surface area contributed by atoms with Crippen LogP contribution in [0.25, 0.3) is 0 Å². The molecule has 180 valence electrons. The number of nitrogens with one attached hydrogen (secondary N) is 1. The molecule has 0 aliphatic heterocycles. The summed E-state index contributed by atoms with van der Waals surface area (Å²) in [6, 6.07) is 11.5. The number of amides is 1. The number of aryl methyl sites for hydroxylation is 2. The Morgan fingerprint density at radius 1 is 1.21 bits per heavy atom. The minimum Gasteiger partial charge on any atom is -0.487 e. The van der Waals surface area contributed by atoms with Crippen LogP contribution < -0.4 is 10.1 Å². The predicted octanol–water partition coefficient (Wildman–Crippen LogP) is 5.17. The van der Waals surface area contributed by atoms with Crippen molar-refractivity contribution in [3.63, 3.8) is 0 Å². The van der Waals surface area contributed by atoms with Gasteiger partial charge in [0.1, 0.15) is 12.4 Å². The standard InChI is InChI=1S/C22H20ClF3N4O4/c1-14-11-20(22(24,25)26)28-29(14)10-2-9-27-21(31)16-5-3-15(4-6-16)13-34-19-8-7-17(30(32)33)12-18(19)23/h3-8,11-12H,2,9-10,13H2,1H3,(H,27,31). The first-order chi connectivity index (χ1) is 16.0. The summed E-state index contributed by atoms with van der Waals surface area (Å²) in [4.78, 5) is 22.5. The molecule has 0 atom stereocenters. The average Bonchev–Trinajstić information content (AvgIpc) is 3.17. The van der Waals surface area contributed by atoms with Crippen LogP contribution in [0.3, 0.4) is 0 Å². The van der Waals surface area contributed by atoms with Gasteiger partial charge in [0.05, 0.1) is 9.95 Å². The number of benzene rings is 2. The summed E-state index contributed by atoms with van der Waals surface area (Å²) in [5.41, 5.74) is 0.478. The van der Waals surface area contributed by atoms with Gasteiger partial charge in [-0.15, -0.1) is 0 Å². The van der Waals surface area contributed by atoms with Crippen molar-refractivity contribution < 1.29 is 27.6 Å². The van der Waals surface area contributed by atoms with Crippen molar-refractivity contribution in [1.82, 2.24) is 15.1 Å². The third kappa shape index (κ3) is 6.47. The molecule has 1 N–H and O–H groups in total. The topological polar surface area (TPSA) is 99.3 Å². The van der Waals surface area contributed by atoms with E-state index >= 15 is 0 Å². The molecule has 0 saturated carbocycles. The van der Waals surface area contributed by atoms with Gasteiger partial charge in [-0.05, 0) is 43.2 Å². The smallest absolute Gasteiger partial charge is 0.435 e. The number of halogens is 4. The lowest BCUT2D eigenvalue weighted by Crippen LogP contribution is -2.25. The van der Waals surface area contributed by atoms with Gasteiger partial charge in [-0.1, -0.05) is 23.7 Å². The Bertz CT molecular complexity index is 1180. The molecular formula is C22H20ClF3N4O4. The molecule has 0 bridgehead atoms. The SMILES string of the molecule is Cc1cc(C(F)(F)F)nn1CCCNC(=O)c1ccc(COc2ccc([N+](=O)[O-])cc2Cl)cc1. The van der Waals surface area contributed by atoms with E-state index in [1.165, 1.54) is 22.9 Å². The number of ether oxygens (including phenoxy) is 1. The van der Waals surface area contributed by atoms with Gasteiger partial charge in [0.2, 0.25) is 0 Å². The predicted molar refractivity (Wildman–Crippen MR) is 118 cm³/mol. The third-order valence-corrected chi connectivity index (χ3v) is 5.14. The largest absolute Gasteiger partial charge is 0.487 e. The van der Waals surface area contributed by atoms with E-state index in [1.54, 1.807) is 31.2 Å². The van der Waals surface area contributed by atoms with Crippen LogP contribution in [-0.4, -0.2) is 27.2 Å². The number of carbonyl (C=O) groups is 1. The lowest BCUT2D eigenvalue weighted by molar-refractivity contribution is -0.384. The van der Waals surface area contributed by atoms with Gasteiger partial charge in [-0.3, -0.25) is 19.6 Å². The van der Waals surface area contributed by atoms with E-state index in [9.17, 15) is 28.1 Å². The van der Waals surface area contributed by atoms with Crippen LogP contribution >= 0.6 is 11.6 Å². The molecule has 0 radical (unpaired) electrons. The van der Waals surface area contributed by atoms with Crippen molar-refractivity contribution in [2.75, 3.05) is 6.54 Å². The number of hydrogen-bond donors (Lipinski definition) is 1. The Hall–Kier alpha value is -3.60. The summed E-state index contributed by atoms with van der Waals surface area (Å²) in [5.74, 6) is -0.0251. The molecule has 2 aromatic carbocycles. The number of aromatic nitrogens is 2. The number of rotatable bonds is 9. The van der Waals surface area contributed by atoms with Crippen molar-refractivity contribution >= 4 is 23.2 Å². The lowest BCUT2D eigenvalue weighted by Gasteiger charge is -2.09. The van der Waals surface area contributed by atoms with Crippen LogP contribution in [0, 0.1) is 17.0 Å². The molecule has 3 aromatic rings. The molecule has 0 aliphatic carbocycles. The summed E-state index contributed by atoms with van der Waals surface area (Å²) in [6.45, 7) is 2.19. The molecule has 0 aliphatic rings. The minimum absolute atomic E-state index is 0.116. The first kappa shape index (κ1) is 25.0. The molecule has 0 unspecified atom stereocenters. The maximum Gasteiger partial charge on any atom is 0.435 e. The highest BCUT2D eigenvalue weighted by Gasteiger charge is 2.34. The van der Waals surface area contributed by atoms with Crippen molar-refractivity contribution in [3.8, 4) is 5.75 Å². The van der Waals surface area contributed by atoms with Crippen LogP contribution in [-0.2, 0) is 19.3 Å². The van der Waals surface area contributed by atoms with Crippen molar-refractivity contribution in [2.24, 2.45) is 0 Å². The van der Waals surface area contributed by atoms with Gasteiger partial charge in [0.15, 0.2) is 5.69 Å². The van der Waals surface area contributed by atoms with Crippen LogP contribution in [0.4, 0.5) is 18.9 Å². The molecule has 0 saturated heterocycles. The molecule has 0 fully saturated rings. The number of hydrogen-bond acceptors (Lipinski definition) is 5. The summed E-state index contributed by atoms with van der Waals surface area (Å²) in [6.07, 6.45) is -4.08. The Morgan fingerprint density at radius 2 is 1.91 bits per heavy atom. The zero-order valence-corrected chi connectivity index (χ0v) is 18.7. The van der Waals surface area contributed by atoms with Crippen molar-refractivity contribution in [2.45, 2.75) is 32.7 Å². The first-order valence-corrected chi connectivity index (χ1v) is 10.5. The lowest BCUT2D eigenvalue weighted by atomic mass is 10.1. The highest BCUT2D eigenvalue weighted by Crippen LogP contribution is 2.29. The molecule has 1 amide bonds. The van der Waals surface area contributed by atoms with E-state index < -0.39 is 16.8 Å². The third-order valence-electron chi connectivity index (χ3n) is 4.84. The van der Waals surface area contributed by atoms with Crippen LogP contribution in [0.2, 0.25) is 5.02 Å². The van der Waals surface area contributed by atoms with Crippen molar-refractivity contribution in [3.05, 3.63) is 86.2 Å². The second-order valence-electron chi connectivity index (χ2n) is 7.36. The molecular weight excluding hydrogens is 477 g/mol. The number of nitrogens with zero attached hydrogens (tertiary/aromatic N) is 3. The van der Waals surface area contributed by atoms with Crippen LogP contribution in [0.5, 0.6) is 5.75 Å². The number of non-ortho nitro benzene ring substituents is 1. The van der Waals surface area contributed by atoms with Gasteiger partial charge in [-0.25, -0.2) is 0 Å². The maximum atomic E-state index is 12.7. The van der Waals surface area contributed by atoms with Crippen molar-refractivity contribution in [1.29, 1.82) is 0 Å². The second-order valence-corrected chi connectivity index (χ2v) is 7.77. The monoisotopic (exact) mass is 496 g/mol. The summed E-state index contributed by atoms with van der Waals surface area (Å²) in [7, 11) is 0. The fraction of sp³-hybridized carbons (Fsp3) is 0.273. The fourth-order valence-corrected chi connectivity index (χ4v) is 3.27. The Morgan fingerprint density at radius 3 is 2.50 bits per heavy atom. The van der Waals surface area contributed by atoms with Crippen LogP contribution in [0.15, 0.2) is 48.5 Å². The maximum absolute atomic E-state index is 12.7. The van der Waals surface area contributed by atoms with Gasteiger partial charge < -0.3 is 10.1 Å². The van der Waals surface area contributed by atoms with Gasteiger partial charge in [-0.2, -0.15) is 18.3 Å². The highest BCUT2D eigenvalue weighted by molar-refractivity contribution is 6.32. The molecule has 1 heterocycles. The normalized spacial score (nSPS) is 11.3. The van der Waals surface area contributed by atoms with E-state index in [0.717, 1.165) is 11.6 Å². The van der Waals surface area contributed by atoms with E-state index in [1.807, 2.05) is 0 Å². The zero-order valence-electron chi connectivity index (χ0n) is 17.9. The molecule has 0 spiro atoms. The zero-order chi connectivity index (χ0) is 24.9. The highest BCUT2D eigenvalue weighted by atomic mass is 35.5. The molecule has 1 aromatic heterocycles. The molecule has 12 heteroatoms. The van der Waals surface area contributed by atoms with E-state index in [-0.39, 0.29) is 36.3 Å². The minimum atomic E-state index is -4.49. The van der Waals surface area contributed by atoms with E-state index in [2.05, 4.69) is 10.4 Å². The summed E-state index contributed by atoms with van der Waals surface area (Å²) in [5, 5.41) is 17.1. The Balaban J connectivity index is 1.46.